The monoisotopic (exact) mass is 455 g/mol. The second-order valence-electron chi connectivity index (χ2n) is 6.93. The van der Waals surface area contributed by atoms with Crippen LogP contribution in [0.4, 0.5) is 24.9 Å². The van der Waals surface area contributed by atoms with Gasteiger partial charge in [-0.25, -0.2) is 4.98 Å². The molecule has 1 aromatic carbocycles. The van der Waals surface area contributed by atoms with Crippen LogP contribution in [0.25, 0.3) is 11.0 Å². The molecule has 1 fully saturated rings. The highest BCUT2D eigenvalue weighted by Gasteiger charge is 2.32. The Labute approximate surface area is 176 Å². The minimum atomic E-state index is -4.40. The molecule has 0 spiro atoms. The summed E-state index contributed by atoms with van der Waals surface area (Å²) < 4.78 is 65.4. The average Bonchev–Trinajstić information content (AvgIpc) is 3.48. The first-order valence-electron chi connectivity index (χ1n) is 9.21. The lowest BCUT2D eigenvalue weighted by Gasteiger charge is -2.15. The van der Waals surface area contributed by atoms with Gasteiger partial charge in [0.25, 0.3) is 10.1 Å². The molecule has 12 heteroatoms. The molecule has 1 aliphatic carbocycles. The van der Waals surface area contributed by atoms with E-state index < -0.39 is 21.9 Å². The van der Waals surface area contributed by atoms with Crippen LogP contribution in [-0.2, 0) is 22.8 Å². The normalized spacial score (nSPS) is 14.0. The van der Waals surface area contributed by atoms with Crippen molar-refractivity contribution in [2.75, 3.05) is 16.9 Å². The number of benzene rings is 1. The van der Waals surface area contributed by atoms with E-state index >= 15 is 0 Å². The number of pyridine rings is 1. The topological polar surface area (TPSA) is 117 Å². The van der Waals surface area contributed by atoms with E-state index in [1.165, 1.54) is 12.1 Å². The first-order valence-corrected chi connectivity index (χ1v) is 11.1. The van der Waals surface area contributed by atoms with Crippen molar-refractivity contribution in [1.82, 2.24) is 15.0 Å². The molecule has 2 heterocycles. The first kappa shape index (κ1) is 22.7. The second kappa shape index (κ2) is 9.02. The Balaban J connectivity index is 0.000000491. The van der Waals surface area contributed by atoms with Crippen molar-refractivity contribution in [3.8, 4) is 0 Å². The summed E-state index contributed by atoms with van der Waals surface area (Å²) in [6, 6.07) is 9.41. The average molecular weight is 455 g/mol. The summed E-state index contributed by atoms with van der Waals surface area (Å²) in [5, 5.41) is 6.88. The number of halogens is 3. The molecule has 3 aromatic rings. The fourth-order valence-electron chi connectivity index (χ4n) is 2.70. The molecule has 3 N–H and O–H groups in total. The fraction of sp³-hybridized carbons (Fsp3) is 0.316. The van der Waals surface area contributed by atoms with E-state index in [1.54, 1.807) is 24.4 Å². The van der Waals surface area contributed by atoms with Crippen molar-refractivity contribution in [3.63, 3.8) is 0 Å². The van der Waals surface area contributed by atoms with Crippen LogP contribution in [0.15, 0.2) is 42.6 Å². The van der Waals surface area contributed by atoms with Gasteiger partial charge in [0.05, 0.1) is 17.2 Å². The largest absolute Gasteiger partial charge is 0.416 e. The van der Waals surface area contributed by atoms with Crippen molar-refractivity contribution in [2.24, 2.45) is 0 Å². The lowest BCUT2D eigenvalue weighted by molar-refractivity contribution is -0.138. The molecule has 1 aliphatic rings. The maximum atomic E-state index is 13.2. The summed E-state index contributed by atoms with van der Waals surface area (Å²) in [4.78, 5) is 13.0. The van der Waals surface area contributed by atoms with Crippen molar-refractivity contribution < 1.29 is 26.1 Å². The molecule has 0 unspecified atom stereocenters. The van der Waals surface area contributed by atoms with E-state index in [1.807, 2.05) is 0 Å². The summed E-state index contributed by atoms with van der Waals surface area (Å²) in [5.74, 6) is 0.897. The molecule has 0 saturated heterocycles. The molecule has 166 valence electrons. The van der Waals surface area contributed by atoms with Gasteiger partial charge in [-0.15, -0.1) is 0 Å². The Morgan fingerprint density at radius 3 is 2.45 bits per heavy atom. The van der Waals surface area contributed by atoms with E-state index in [0.29, 0.717) is 35.1 Å². The molecule has 0 bridgehead atoms. The van der Waals surface area contributed by atoms with Gasteiger partial charge in [0, 0.05) is 18.8 Å². The van der Waals surface area contributed by atoms with Gasteiger partial charge in [-0.05, 0) is 36.6 Å². The maximum Gasteiger partial charge on any atom is 0.416 e. The Morgan fingerprint density at radius 1 is 1.13 bits per heavy atom. The zero-order valence-electron chi connectivity index (χ0n) is 16.4. The van der Waals surface area contributed by atoms with E-state index in [0.717, 1.165) is 18.9 Å². The Hall–Kier alpha value is -2.99. The molecule has 0 amide bonds. The van der Waals surface area contributed by atoms with Crippen LogP contribution < -0.4 is 10.6 Å². The molecular formula is C19H20F3N5O3S. The van der Waals surface area contributed by atoms with Crippen molar-refractivity contribution in [2.45, 2.75) is 31.6 Å². The molecule has 31 heavy (non-hydrogen) atoms. The highest BCUT2D eigenvalue weighted by Crippen LogP contribution is 2.32. The third kappa shape index (κ3) is 7.03. The van der Waals surface area contributed by atoms with Crippen LogP contribution in [0.3, 0.4) is 0 Å². The first-order chi connectivity index (χ1) is 14.5. The zero-order valence-corrected chi connectivity index (χ0v) is 17.2. The minimum absolute atomic E-state index is 0.000437. The zero-order chi connectivity index (χ0) is 22.6. The summed E-state index contributed by atoms with van der Waals surface area (Å²) in [6.45, 7) is -0.000437. The van der Waals surface area contributed by atoms with E-state index in [2.05, 4.69) is 25.6 Å². The Kier molecular flexibility index (Phi) is 6.60. The predicted molar refractivity (Wildman–Crippen MR) is 110 cm³/mol. The van der Waals surface area contributed by atoms with Crippen molar-refractivity contribution in [1.29, 1.82) is 0 Å². The van der Waals surface area contributed by atoms with Crippen LogP contribution in [-0.4, -0.2) is 40.2 Å². The van der Waals surface area contributed by atoms with Crippen molar-refractivity contribution in [3.05, 3.63) is 53.7 Å². The Bertz CT molecular complexity index is 1160. The molecule has 0 aliphatic heterocycles. The molecule has 2 aromatic heterocycles. The van der Waals surface area contributed by atoms with E-state index in [9.17, 15) is 21.6 Å². The SMILES string of the molecule is CS(=O)(=O)O.FC(F)(F)c1ccccc1CNc1nc(NC2CC2)nc2ncccc12. The van der Waals surface area contributed by atoms with Crippen LogP contribution in [0.5, 0.6) is 0 Å². The lowest BCUT2D eigenvalue weighted by atomic mass is 10.1. The number of aromatic nitrogens is 3. The van der Waals surface area contributed by atoms with Gasteiger partial charge in [0.15, 0.2) is 5.65 Å². The third-order valence-electron chi connectivity index (χ3n) is 4.15. The lowest BCUT2D eigenvalue weighted by Crippen LogP contribution is -2.13. The summed E-state index contributed by atoms with van der Waals surface area (Å²) in [7, 11) is -3.67. The molecular weight excluding hydrogens is 435 g/mol. The number of rotatable bonds is 5. The van der Waals surface area contributed by atoms with E-state index in [4.69, 9.17) is 4.55 Å². The van der Waals surface area contributed by atoms with Gasteiger partial charge in [0.2, 0.25) is 5.95 Å². The molecule has 4 rings (SSSR count). The van der Waals surface area contributed by atoms with Crippen molar-refractivity contribution >= 4 is 32.9 Å². The van der Waals surface area contributed by atoms with Gasteiger partial charge in [-0.1, -0.05) is 18.2 Å². The number of fused-ring (bicyclic) bond motifs is 1. The second-order valence-corrected chi connectivity index (χ2v) is 8.40. The van der Waals surface area contributed by atoms with Crippen LogP contribution >= 0.6 is 0 Å². The summed E-state index contributed by atoms with van der Waals surface area (Å²) in [5.41, 5.74) is 0.00456. The van der Waals surface area contributed by atoms with Gasteiger partial charge in [-0.3, -0.25) is 4.55 Å². The van der Waals surface area contributed by atoms with Gasteiger partial charge in [0.1, 0.15) is 5.82 Å². The van der Waals surface area contributed by atoms with Gasteiger partial charge < -0.3 is 10.6 Å². The molecule has 8 nitrogen and oxygen atoms in total. The highest BCUT2D eigenvalue weighted by molar-refractivity contribution is 7.85. The molecule has 0 atom stereocenters. The minimum Gasteiger partial charge on any atom is -0.365 e. The number of alkyl halides is 3. The number of anilines is 2. The number of hydrogen-bond donors (Lipinski definition) is 3. The Morgan fingerprint density at radius 2 is 1.81 bits per heavy atom. The van der Waals surface area contributed by atoms with Gasteiger partial charge >= 0.3 is 6.18 Å². The highest BCUT2D eigenvalue weighted by atomic mass is 32.2. The van der Waals surface area contributed by atoms with Crippen LogP contribution in [0, 0.1) is 0 Å². The number of nitrogens with zero attached hydrogens (tertiary/aromatic N) is 3. The smallest absolute Gasteiger partial charge is 0.365 e. The quantitative estimate of drug-likeness (QED) is 0.498. The third-order valence-corrected chi connectivity index (χ3v) is 4.15. The fourth-order valence-corrected chi connectivity index (χ4v) is 2.70. The van der Waals surface area contributed by atoms with E-state index in [-0.39, 0.29) is 12.1 Å². The maximum absolute atomic E-state index is 13.2. The molecule has 0 radical (unpaired) electrons. The number of nitrogens with one attached hydrogen (secondary N) is 2. The summed E-state index contributed by atoms with van der Waals surface area (Å²) >= 11 is 0. The molecule has 1 saturated carbocycles. The van der Waals surface area contributed by atoms with Gasteiger partial charge in [-0.2, -0.15) is 31.6 Å². The van der Waals surface area contributed by atoms with Crippen LogP contribution in [0.1, 0.15) is 24.0 Å². The summed E-state index contributed by atoms with van der Waals surface area (Å²) in [6.07, 6.45) is 0.0644. The predicted octanol–water partition coefficient (Wildman–Crippen LogP) is 3.73. The number of hydrogen-bond acceptors (Lipinski definition) is 7. The standard InChI is InChI=1S/C18H16F3N5.CH4O3S/c19-18(20,21)14-6-2-1-4-11(14)10-23-16-13-5-3-9-22-15(13)25-17(26-16)24-12-7-8-12;1-5(2,3)4/h1-6,9,12H,7-8,10H2,(H2,22,23,24,25,26);1H3,(H,2,3,4). The van der Waals surface area contributed by atoms with Crippen LogP contribution in [0.2, 0.25) is 0 Å².